The molecule has 1 aromatic carbocycles. The molecule has 1 atom stereocenters. The Labute approximate surface area is 231 Å². The number of unbranched alkanes of at least 4 members (excludes halogenated alkanes) is 2. The van der Waals surface area contributed by atoms with Gasteiger partial charge in [-0.2, -0.15) is 0 Å². The number of aromatic amines is 1. The molecule has 0 saturated heterocycles. The summed E-state index contributed by atoms with van der Waals surface area (Å²) in [4.78, 5) is 68.8. The Morgan fingerprint density at radius 2 is 1.59 bits per heavy atom. The molecule has 1 aromatic heterocycles. The zero-order valence-electron chi connectivity index (χ0n) is 22.3. The van der Waals surface area contributed by atoms with Gasteiger partial charge in [0.2, 0.25) is 16.3 Å². The van der Waals surface area contributed by atoms with Crippen molar-refractivity contribution >= 4 is 35.6 Å². The number of ether oxygens (including phenoxy) is 1. The van der Waals surface area contributed by atoms with Crippen molar-refractivity contribution in [1.29, 1.82) is 0 Å². The van der Waals surface area contributed by atoms with Crippen LogP contribution in [0.1, 0.15) is 49.4 Å². The molecule has 2 radical (unpaired) electrons. The summed E-state index contributed by atoms with van der Waals surface area (Å²) in [5.41, 5.74) is -5.81. The minimum absolute atomic E-state index is 0.108. The topological polar surface area (TPSA) is 171 Å². The van der Waals surface area contributed by atoms with Crippen LogP contribution in [-0.2, 0) is 18.3 Å². The Morgan fingerprint density at radius 3 is 2.22 bits per heavy atom. The number of aliphatic hydroxyl groups excluding tert-OH is 2. The van der Waals surface area contributed by atoms with Gasteiger partial charge >= 0.3 is 0 Å². The quantitative estimate of drug-likeness (QED) is 0.180. The predicted molar refractivity (Wildman–Crippen MR) is 152 cm³/mol. The van der Waals surface area contributed by atoms with Crippen LogP contribution in [0, 0.1) is 10.4 Å². The standard InChI is InChI=1S/C30H24BNO9/c1-3-4-5-6-11-9-13-16(29(40)32-11)26(37)21-12(22(13)31)7-8-30(21)27(38)19-20(28(30)39)25(36)18-17(24(19)35)14(33)10-15(41-2)23(18)34/h9-10,37-39H,3-8H2,1-2H3,(H,32,40). The first-order valence-corrected chi connectivity index (χ1v) is 13.3. The maximum absolute atomic E-state index is 13.6. The van der Waals surface area contributed by atoms with Crippen molar-refractivity contribution in [2.24, 2.45) is 0 Å². The second-order valence-electron chi connectivity index (χ2n) is 10.7. The number of rotatable bonds is 5. The van der Waals surface area contributed by atoms with Crippen LogP contribution in [0.3, 0.4) is 0 Å². The summed E-state index contributed by atoms with van der Waals surface area (Å²) in [7, 11) is 7.65. The molecule has 0 amide bonds. The molecule has 10 nitrogen and oxygen atoms in total. The number of aryl methyl sites for hydroxylation is 1. The van der Waals surface area contributed by atoms with Gasteiger partial charge in [-0.15, -0.1) is 0 Å². The minimum Gasteiger partial charge on any atom is -0.510 e. The van der Waals surface area contributed by atoms with Gasteiger partial charge in [-0.1, -0.05) is 25.2 Å². The number of phenols is 1. The van der Waals surface area contributed by atoms with E-state index in [4.69, 9.17) is 12.6 Å². The Hall–Kier alpha value is -4.67. The predicted octanol–water partition coefficient (Wildman–Crippen LogP) is -0.960. The summed E-state index contributed by atoms with van der Waals surface area (Å²) < 4.78 is 4.90. The van der Waals surface area contributed by atoms with Crippen molar-refractivity contribution in [2.75, 3.05) is 7.11 Å². The molecule has 2 aromatic rings. The van der Waals surface area contributed by atoms with Crippen molar-refractivity contribution in [1.82, 2.24) is 4.98 Å². The lowest BCUT2D eigenvalue weighted by Gasteiger charge is -2.27. The normalized spacial score (nSPS) is 17.6. The van der Waals surface area contributed by atoms with E-state index in [1.165, 1.54) is 0 Å². The molecule has 1 spiro atoms. The van der Waals surface area contributed by atoms with E-state index in [2.05, 4.69) is 11.9 Å². The SMILES string of the molecule is [B]c1c2c(c(O)c3c(=O)[nH]c(CCCCC)cc13)C1(CC2)C(O)=c2c(=O)c3c(=O)cc(OC)c(=O)c=3c(=O)c2=C1O. The van der Waals surface area contributed by atoms with Gasteiger partial charge in [0.25, 0.3) is 5.56 Å². The molecule has 4 aliphatic carbocycles. The number of H-pyrrole nitrogens is 1. The van der Waals surface area contributed by atoms with E-state index in [-0.39, 0.29) is 29.3 Å². The zero-order valence-corrected chi connectivity index (χ0v) is 22.3. The highest BCUT2D eigenvalue weighted by Gasteiger charge is 2.53. The molecule has 1 heterocycles. The van der Waals surface area contributed by atoms with Crippen LogP contribution in [0.15, 0.2) is 36.1 Å². The lowest BCUT2D eigenvalue weighted by molar-refractivity contribution is 0.362. The number of aromatic nitrogens is 1. The molecule has 11 heteroatoms. The Kier molecular flexibility index (Phi) is 5.78. The number of phenolic OH excluding ortho intramolecular Hbond substituents is 1. The second kappa shape index (κ2) is 8.92. The van der Waals surface area contributed by atoms with E-state index in [1.807, 2.05) is 0 Å². The van der Waals surface area contributed by atoms with Gasteiger partial charge < -0.3 is 25.0 Å². The second-order valence-corrected chi connectivity index (χ2v) is 10.7. The largest absolute Gasteiger partial charge is 0.510 e. The molecule has 0 saturated carbocycles. The number of fused-ring (bicyclic) bond motifs is 4. The number of benzene rings is 1. The van der Waals surface area contributed by atoms with E-state index in [1.54, 1.807) is 6.07 Å². The van der Waals surface area contributed by atoms with E-state index >= 15 is 0 Å². The fourth-order valence-electron chi connectivity index (χ4n) is 6.63. The highest BCUT2D eigenvalue weighted by atomic mass is 16.5. The van der Waals surface area contributed by atoms with Gasteiger partial charge in [0.15, 0.2) is 11.2 Å². The lowest BCUT2D eigenvalue weighted by Crippen LogP contribution is -2.51. The molecular weight excluding hydrogens is 529 g/mol. The monoisotopic (exact) mass is 553 g/mol. The number of hydrogen-bond donors (Lipinski definition) is 4. The Bertz CT molecular complexity index is 2320. The number of pyridine rings is 1. The van der Waals surface area contributed by atoms with E-state index in [0.29, 0.717) is 23.1 Å². The van der Waals surface area contributed by atoms with Crippen LogP contribution in [-0.4, -0.2) is 35.3 Å². The molecule has 0 bridgehead atoms. The number of methoxy groups -OCH3 is 1. The maximum Gasteiger partial charge on any atom is 0.259 e. The molecule has 0 aliphatic heterocycles. The number of hydrogen-bond acceptors (Lipinski definition) is 9. The fourth-order valence-corrected chi connectivity index (χ4v) is 6.63. The maximum atomic E-state index is 13.6. The van der Waals surface area contributed by atoms with E-state index in [9.17, 15) is 39.3 Å². The number of nitrogens with one attached hydrogen (secondary N) is 1. The molecule has 206 valence electrons. The van der Waals surface area contributed by atoms with Crippen LogP contribution in [0.25, 0.3) is 22.3 Å². The molecule has 4 aliphatic rings. The first kappa shape index (κ1) is 26.6. The molecule has 6 rings (SSSR count). The van der Waals surface area contributed by atoms with Crippen molar-refractivity contribution in [3.8, 4) is 11.5 Å². The third-order valence-electron chi connectivity index (χ3n) is 8.58. The first-order valence-electron chi connectivity index (χ1n) is 13.3. The average molecular weight is 553 g/mol. The smallest absolute Gasteiger partial charge is 0.259 e. The van der Waals surface area contributed by atoms with Gasteiger partial charge in [-0.25, -0.2) is 0 Å². The van der Waals surface area contributed by atoms with Crippen LogP contribution in [0.4, 0.5) is 0 Å². The number of aliphatic hydroxyl groups is 2. The van der Waals surface area contributed by atoms with Crippen molar-refractivity contribution in [2.45, 2.75) is 50.9 Å². The molecule has 4 N–H and O–H groups in total. The van der Waals surface area contributed by atoms with Crippen LogP contribution in [0.2, 0.25) is 0 Å². The van der Waals surface area contributed by atoms with Gasteiger partial charge in [0, 0.05) is 17.3 Å². The van der Waals surface area contributed by atoms with Gasteiger partial charge in [-0.05, 0) is 42.7 Å². The first-order chi connectivity index (χ1) is 19.5. The Balaban J connectivity index is 1.74. The molecular formula is C30H24BNO9. The summed E-state index contributed by atoms with van der Waals surface area (Å²) in [6.45, 7) is 2.06. The number of aromatic hydroxyl groups is 1. The van der Waals surface area contributed by atoms with Crippen molar-refractivity contribution in [3.63, 3.8) is 0 Å². The molecule has 0 fully saturated rings. The minimum atomic E-state index is -2.00. The summed E-state index contributed by atoms with van der Waals surface area (Å²) >= 11 is 0. The third-order valence-corrected chi connectivity index (χ3v) is 8.58. The van der Waals surface area contributed by atoms with Crippen LogP contribution in [0.5, 0.6) is 11.5 Å². The summed E-state index contributed by atoms with van der Waals surface area (Å²) in [5, 5.41) is 32.0. The third kappa shape index (κ3) is 3.23. The van der Waals surface area contributed by atoms with Crippen LogP contribution < -0.4 is 47.9 Å². The molecule has 41 heavy (non-hydrogen) atoms. The summed E-state index contributed by atoms with van der Waals surface area (Å²) in [5.74, 6) is -2.55. The lowest BCUT2D eigenvalue weighted by atomic mass is 9.75. The van der Waals surface area contributed by atoms with E-state index in [0.717, 1.165) is 32.4 Å². The average Bonchev–Trinajstić information content (AvgIpc) is 3.45. The zero-order chi connectivity index (χ0) is 29.5. The van der Waals surface area contributed by atoms with Gasteiger partial charge in [0.05, 0.1) is 33.4 Å². The van der Waals surface area contributed by atoms with Gasteiger partial charge in [-0.3, -0.25) is 24.0 Å². The Morgan fingerprint density at radius 1 is 0.927 bits per heavy atom. The van der Waals surface area contributed by atoms with Gasteiger partial charge in [0.1, 0.15) is 30.5 Å². The summed E-state index contributed by atoms with van der Waals surface area (Å²) in [6, 6.07) is 2.48. The van der Waals surface area contributed by atoms with Crippen molar-refractivity contribution in [3.05, 3.63) is 101 Å². The molecule has 1 unspecified atom stereocenters. The highest BCUT2D eigenvalue weighted by Crippen LogP contribution is 2.53. The van der Waals surface area contributed by atoms with Crippen LogP contribution >= 0.6 is 0 Å². The fraction of sp³-hybridized carbons (Fsp3) is 0.300. The summed E-state index contributed by atoms with van der Waals surface area (Å²) in [6.07, 6.45) is 3.39. The highest BCUT2D eigenvalue weighted by molar-refractivity contribution is 6.40. The van der Waals surface area contributed by atoms with Crippen molar-refractivity contribution < 1.29 is 20.1 Å². The van der Waals surface area contributed by atoms with E-state index < -0.39 is 76.6 Å².